The Morgan fingerprint density at radius 3 is 2.64 bits per heavy atom. The molecule has 166 valence electrons. The van der Waals surface area contributed by atoms with Crippen molar-refractivity contribution in [3.05, 3.63) is 42.4 Å². The molecule has 33 heavy (non-hydrogen) atoms. The van der Waals surface area contributed by atoms with E-state index in [2.05, 4.69) is 27.0 Å². The maximum absolute atomic E-state index is 11.7. The zero-order valence-electron chi connectivity index (χ0n) is 17.9. The number of aliphatic hydroxyl groups excluding tert-OH is 1. The minimum Gasteiger partial charge on any atom is -0.489 e. The predicted molar refractivity (Wildman–Crippen MR) is 120 cm³/mol. The fraction of sp³-hybridized carbons (Fsp3) is 0.333. The fourth-order valence-electron chi connectivity index (χ4n) is 4.25. The van der Waals surface area contributed by atoms with Gasteiger partial charge in [-0.15, -0.1) is 6.42 Å². The molecule has 1 saturated heterocycles. The van der Waals surface area contributed by atoms with Crippen LogP contribution in [-0.4, -0.2) is 68.9 Å². The number of rotatable bonds is 4. The number of pyridine rings is 2. The molecule has 2 aliphatic rings. The normalized spacial score (nSPS) is 20.1. The maximum Gasteiger partial charge on any atom is 0.298 e. The summed E-state index contributed by atoms with van der Waals surface area (Å²) >= 11 is 0. The van der Waals surface area contributed by atoms with Crippen LogP contribution in [0.2, 0.25) is 0 Å². The number of aliphatic hydroxyl groups is 1. The molecule has 0 aromatic carbocycles. The van der Waals surface area contributed by atoms with Crippen molar-refractivity contribution in [2.45, 2.75) is 25.0 Å². The van der Waals surface area contributed by atoms with E-state index in [1.807, 2.05) is 18.2 Å². The molecule has 2 fully saturated rings. The van der Waals surface area contributed by atoms with E-state index >= 15 is 0 Å². The monoisotopic (exact) mass is 442 g/mol. The van der Waals surface area contributed by atoms with Gasteiger partial charge in [-0.05, 0) is 24.1 Å². The van der Waals surface area contributed by atoms with Crippen molar-refractivity contribution in [2.24, 2.45) is 0 Å². The third kappa shape index (κ3) is 3.95. The Hall–Kier alpha value is -4.08. The second-order valence-electron chi connectivity index (χ2n) is 8.25. The average Bonchev–Trinajstić information content (AvgIpc) is 3.25. The summed E-state index contributed by atoms with van der Waals surface area (Å²) in [5, 5.41) is 23.4. The van der Waals surface area contributed by atoms with E-state index in [1.54, 1.807) is 21.8 Å². The number of aromatic nitrogens is 3. The van der Waals surface area contributed by atoms with E-state index in [9.17, 15) is 15.2 Å². The summed E-state index contributed by atoms with van der Waals surface area (Å²) in [6.07, 6.45) is 11.1. The molecule has 9 heteroatoms. The Morgan fingerprint density at radius 2 is 2.00 bits per heavy atom. The number of fused-ring (bicyclic) bond motifs is 1. The minimum atomic E-state index is -0.309. The van der Waals surface area contributed by atoms with E-state index in [0.29, 0.717) is 55.9 Å². The molecule has 9 nitrogen and oxygen atoms in total. The highest BCUT2D eigenvalue weighted by Crippen LogP contribution is 2.33. The third-order valence-corrected chi connectivity index (χ3v) is 6.15. The van der Waals surface area contributed by atoms with E-state index in [4.69, 9.17) is 11.2 Å². The molecule has 1 saturated carbocycles. The first-order chi connectivity index (χ1) is 16.1. The molecule has 1 amide bonds. The molecule has 5 rings (SSSR count). The number of ether oxygens (including phenoxy) is 1. The first-order valence-corrected chi connectivity index (χ1v) is 10.8. The molecule has 3 aromatic heterocycles. The number of hydrogen-bond donors (Lipinski definition) is 1. The third-order valence-electron chi connectivity index (χ3n) is 6.15. The first kappa shape index (κ1) is 20.8. The average molecular weight is 442 g/mol. The van der Waals surface area contributed by atoms with Crippen LogP contribution in [0.25, 0.3) is 16.6 Å². The summed E-state index contributed by atoms with van der Waals surface area (Å²) in [4.78, 5) is 20.1. The van der Waals surface area contributed by atoms with Gasteiger partial charge in [0.05, 0.1) is 29.6 Å². The molecular weight excluding hydrogens is 420 g/mol. The van der Waals surface area contributed by atoms with Crippen LogP contribution in [0.3, 0.4) is 0 Å². The second-order valence-corrected chi connectivity index (χ2v) is 8.25. The van der Waals surface area contributed by atoms with Gasteiger partial charge in [0.1, 0.15) is 23.7 Å². The molecule has 1 N–H and O–H groups in total. The second kappa shape index (κ2) is 8.45. The van der Waals surface area contributed by atoms with E-state index in [1.165, 1.54) is 6.20 Å². The Bertz CT molecular complexity index is 1270. The Morgan fingerprint density at radius 1 is 1.21 bits per heavy atom. The van der Waals surface area contributed by atoms with Crippen molar-refractivity contribution in [1.29, 1.82) is 5.26 Å². The summed E-state index contributed by atoms with van der Waals surface area (Å²) in [5.74, 6) is 3.32. The Kier molecular flexibility index (Phi) is 5.33. The topological polar surface area (TPSA) is 107 Å². The van der Waals surface area contributed by atoms with E-state index in [0.717, 1.165) is 16.9 Å². The van der Waals surface area contributed by atoms with Crippen molar-refractivity contribution in [2.75, 3.05) is 31.1 Å². The van der Waals surface area contributed by atoms with E-state index in [-0.39, 0.29) is 18.1 Å². The van der Waals surface area contributed by atoms with Gasteiger partial charge in [-0.3, -0.25) is 4.79 Å². The Labute approximate surface area is 190 Å². The highest BCUT2D eigenvalue weighted by Gasteiger charge is 2.29. The largest absolute Gasteiger partial charge is 0.489 e. The lowest BCUT2D eigenvalue weighted by molar-refractivity contribution is -0.125. The van der Waals surface area contributed by atoms with Crippen molar-refractivity contribution < 1.29 is 14.6 Å². The minimum absolute atomic E-state index is 0.0307. The molecule has 0 radical (unpaired) electrons. The van der Waals surface area contributed by atoms with Crippen LogP contribution in [-0.2, 0) is 4.79 Å². The summed E-state index contributed by atoms with van der Waals surface area (Å²) in [6, 6.07) is 7.98. The van der Waals surface area contributed by atoms with Crippen LogP contribution in [0.1, 0.15) is 18.4 Å². The molecule has 0 unspecified atom stereocenters. The van der Waals surface area contributed by atoms with Crippen molar-refractivity contribution in [1.82, 2.24) is 19.5 Å². The first-order valence-electron chi connectivity index (χ1n) is 10.8. The Balaban J connectivity index is 1.41. The summed E-state index contributed by atoms with van der Waals surface area (Å²) in [6.45, 7) is 2.43. The predicted octanol–water partition coefficient (Wildman–Crippen LogP) is 1.45. The molecule has 4 heterocycles. The number of amides is 1. The van der Waals surface area contributed by atoms with Gasteiger partial charge in [0, 0.05) is 56.3 Å². The zero-order chi connectivity index (χ0) is 22.9. The number of nitriles is 1. The lowest BCUT2D eigenvalue weighted by atomic mass is 9.92. The lowest BCUT2D eigenvalue weighted by Crippen LogP contribution is -2.48. The van der Waals surface area contributed by atoms with Gasteiger partial charge < -0.3 is 19.6 Å². The number of carbonyl (C=O) groups excluding carboxylic acids is 1. The van der Waals surface area contributed by atoms with Crippen LogP contribution in [0.4, 0.5) is 5.82 Å². The van der Waals surface area contributed by atoms with Crippen molar-refractivity contribution in [3.63, 3.8) is 0 Å². The van der Waals surface area contributed by atoms with Gasteiger partial charge in [-0.25, -0.2) is 9.50 Å². The quantitative estimate of drug-likeness (QED) is 0.610. The number of piperazine rings is 1. The highest BCUT2D eigenvalue weighted by molar-refractivity contribution is 5.93. The summed E-state index contributed by atoms with van der Waals surface area (Å²) < 4.78 is 7.66. The van der Waals surface area contributed by atoms with Gasteiger partial charge in [-0.2, -0.15) is 10.4 Å². The summed E-state index contributed by atoms with van der Waals surface area (Å²) in [5.41, 5.74) is 2.79. The molecule has 1 aliphatic carbocycles. The van der Waals surface area contributed by atoms with Gasteiger partial charge in [0.15, 0.2) is 0 Å². The number of nitrogens with zero attached hydrogens (tertiary/aromatic N) is 6. The molecule has 0 atom stereocenters. The van der Waals surface area contributed by atoms with E-state index < -0.39 is 0 Å². The van der Waals surface area contributed by atoms with Gasteiger partial charge in [-0.1, -0.05) is 0 Å². The van der Waals surface area contributed by atoms with Crippen LogP contribution >= 0.6 is 0 Å². The van der Waals surface area contributed by atoms with Gasteiger partial charge in [0.25, 0.3) is 5.91 Å². The standard InChI is InChI=1S/C24H22N6O3/c1-2-23(32)29-7-5-28(6-8-29)22-4-3-16(13-26-22)21-11-20(33-19-9-18(31)10-19)15-30-24(21)17(12-25)14-27-30/h1,3-4,11,13-15,18-19,31H,5-10H2/t18-,19+. The van der Waals surface area contributed by atoms with Gasteiger partial charge in [0.2, 0.25) is 0 Å². The number of terminal acetylenes is 1. The fourth-order valence-corrected chi connectivity index (χ4v) is 4.25. The molecule has 3 aromatic rings. The maximum atomic E-state index is 11.7. The van der Waals surface area contributed by atoms with Crippen LogP contribution in [0.15, 0.2) is 36.8 Å². The number of hydrogen-bond acceptors (Lipinski definition) is 7. The molecular formula is C24H22N6O3. The highest BCUT2D eigenvalue weighted by atomic mass is 16.5. The lowest BCUT2D eigenvalue weighted by Gasteiger charge is -2.34. The smallest absolute Gasteiger partial charge is 0.298 e. The number of anilines is 1. The summed E-state index contributed by atoms with van der Waals surface area (Å²) in [7, 11) is 0. The molecule has 0 spiro atoms. The van der Waals surface area contributed by atoms with Crippen LogP contribution in [0.5, 0.6) is 5.75 Å². The zero-order valence-corrected chi connectivity index (χ0v) is 17.9. The van der Waals surface area contributed by atoms with Crippen molar-refractivity contribution >= 4 is 17.2 Å². The molecule has 1 aliphatic heterocycles. The van der Waals surface area contributed by atoms with Crippen molar-refractivity contribution in [3.8, 4) is 35.3 Å². The van der Waals surface area contributed by atoms with Gasteiger partial charge >= 0.3 is 0 Å². The van der Waals surface area contributed by atoms with Crippen LogP contribution in [0, 0.1) is 23.7 Å². The SMILES string of the molecule is C#CC(=O)N1CCN(c2ccc(-c3cc(O[C@H]4C[C@@H](O)C4)cn4ncc(C#N)c34)cn2)CC1. The number of carbonyl (C=O) groups is 1. The molecule has 0 bridgehead atoms. The van der Waals surface area contributed by atoms with Crippen LogP contribution < -0.4 is 9.64 Å².